The van der Waals surface area contributed by atoms with Crippen molar-refractivity contribution in [1.82, 2.24) is 4.98 Å². The lowest BCUT2D eigenvalue weighted by Crippen LogP contribution is -2.22. The number of hydrogen-bond donors (Lipinski definition) is 2. The summed E-state index contributed by atoms with van der Waals surface area (Å²) in [5.41, 5.74) is 4.95. The first kappa shape index (κ1) is 20.1. The standard InChI is InChI=1S/C26H29NO4/c1-25(2,3)24-18(8-11-28)19-12-16(4-6-20(19)27-24)13-23(29)26(9-10-26)17-5-7-21-22(14-17)31-15-30-21/h4-7,12,14,27-28H,8-11,13,15H2,1-3H3. The Morgan fingerprint density at radius 3 is 2.58 bits per heavy atom. The number of H-pyrrole nitrogens is 1. The van der Waals surface area contributed by atoms with Crippen molar-refractivity contribution in [1.29, 1.82) is 0 Å². The number of aliphatic hydroxyl groups excluding tert-OH is 1. The maximum atomic E-state index is 13.4. The number of ketones is 1. The topological polar surface area (TPSA) is 71.6 Å². The first-order valence-corrected chi connectivity index (χ1v) is 11.0. The van der Waals surface area contributed by atoms with Gasteiger partial charge in [-0.15, -0.1) is 0 Å². The molecule has 1 fully saturated rings. The molecule has 1 aromatic heterocycles. The quantitative estimate of drug-likeness (QED) is 0.614. The summed E-state index contributed by atoms with van der Waals surface area (Å²) in [7, 11) is 0. The fourth-order valence-electron chi connectivity index (χ4n) is 4.82. The minimum Gasteiger partial charge on any atom is -0.454 e. The highest BCUT2D eigenvalue weighted by molar-refractivity contribution is 5.96. The van der Waals surface area contributed by atoms with E-state index in [4.69, 9.17) is 9.47 Å². The van der Waals surface area contributed by atoms with Crippen molar-refractivity contribution in [2.75, 3.05) is 13.4 Å². The van der Waals surface area contributed by atoms with Crippen molar-refractivity contribution in [2.45, 2.75) is 57.3 Å². The Morgan fingerprint density at radius 2 is 1.87 bits per heavy atom. The van der Waals surface area contributed by atoms with Gasteiger partial charge in [0.2, 0.25) is 6.79 Å². The number of carbonyl (C=O) groups excluding carboxylic acids is 1. The van der Waals surface area contributed by atoms with Gasteiger partial charge in [-0.3, -0.25) is 4.79 Å². The van der Waals surface area contributed by atoms with Gasteiger partial charge >= 0.3 is 0 Å². The molecule has 0 radical (unpaired) electrons. The Kier molecular flexibility index (Phi) is 4.63. The van der Waals surface area contributed by atoms with E-state index in [0.717, 1.165) is 57.6 Å². The molecule has 0 atom stereocenters. The summed E-state index contributed by atoms with van der Waals surface area (Å²) >= 11 is 0. The number of aromatic amines is 1. The lowest BCUT2D eigenvalue weighted by molar-refractivity contribution is -0.120. The zero-order chi connectivity index (χ0) is 21.8. The van der Waals surface area contributed by atoms with Gasteiger partial charge < -0.3 is 19.6 Å². The summed E-state index contributed by atoms with van der Waals surface area (Å²) in [5.74, 6) is 1.73. The average Bonchev–Trinajstić information content (AvgIpc) is 3.27. The van der Waals surface area contributed by atoms with E-state index in [1.165, 1.54) is 0 Å². The van der Waals surface area contributed by atoms with Crippen molar-refractivity contribution >= 4 is 16.7 Å². The molecule has 0 amide bonds. The number of hydrogen-bond acceptors (Lipinski definition) is 4. The molecule has 0 spiro atoms. The second kappa shape index (κ2) is 7.13. The molecular formula is C26H29NO4. The molecule has 1 saturated carbocycles. The summed E-state index contributed by atoms with van der Waals surface area (Å²) in [6, 6.07) is 12.1. The number of ether oxygens (including phenoxy) is 2. The van der Waals surface area contributed by atoms with Crippen LogP contribution in [0.4, 0.5) is 0 Å². The summed E-state index contributed by atoms with van der Waals surface area (Å²) in [5, 5.41) is 10.7. The number of carbonyl (C=O) groups is 1. The van der Waals surface area contributed by atoms with Gasteiger partial charge in [-0.2, -0.15) is 0 Å². The van der Waals surface area contributed by atoms with Crippen molar-refractivity contribution < 1.29 is 19.4 Å². The lowest BCUT2D eigenvalue weighted by atomic mass is 9.86. The fourth-order valence-corrected chi connectivity index (χ4v) is 4.82. The van der Waals surface area contributed by atoms with E-state index in [-0.39, 0.29) is 24.6 Å². The van der Waals surface area contributed by atoms with Crippen LogP contribution >= 0.6 is 0 Å². The number of nitrogens with one attached hydrogen (secondary N) is 1. The van der Waals surface area contributed by atoms with Crippen molar-refractivity contribution in [3.63, 3.8) is 0 Å². The minimum atomic E-state index is -0.404. The van der Waals surface area contributed by atoms with Gasteiger partial charge in [0.25, 0.3) is 0 Å². The highest BCUT2D eigenvalue weighted by atomic mass is 16.7. The van der Waals surface area contributed by atoms with E-state index < -0.39 is 5.41 Å². The maximum Gasteiger partial charge on any atom is 0.231 e. The zero-order valence-corrected chi connectivity index (χ0v) is 18.4. The summed E-state index contributed by atoms with van der Waals surface area (Å²) in [6.45, 7) is 6.86. The summed E-state index contributed by atoms with van der Waals surface area (Å²) < 4.78 is 10.9. The van der Waals surface area contributed by atoms with Crippen LogP contribution in [0.3, 0.4) is 0 Å². The molecule has 2 aliphatic rings. The van der Waals surface area contributed by atoms with E-state index in [9.17, 15) is 9.90 Å². The molecule has 2 heterocycles. The van der Waals surface area contributed by atoms with Crippen LogP contribution in [-0.4, -0.2) is 29.3 Å². The molecule has 0 unspecified atom stereocenters. The number of fused-ring (bicyclic) bond motifs is 2. The summed E-state index contributed by atoms with van der Waals surface area (Å²) in [4.78, 5) is 16.9. The number of benzene rings is 2. The molecule has 2 aromatic carbocycles. The molecule has 2 N–H and O–H groups in total. The third kappa shape index (κ3) is 3.41. The lowest BCUT2D eigenvalue weighted by Gasteiger charge is -2.19. The van der Waals surface area contributed by atoms with Crippen LogP contribution < -0.4 is 9.47 Å². The van der Waals surface area contributed by atoms with E-state index in [1.54, 1.807) is 0 Å². The van der Waals surface area contributed by atoms with E-state index >= 15 is 0 Å². The third-order valence-corrected chi connectivity index (χ3v) is 6.66. The van der Waals surface area contributed by atoms with Crippen LogP contribution in [0.5, 0.6) is 11.5 Å². The largest absolute Gasteiger partial charge is 0.454 e. The summed E-state index contributed by atoms with van der Waals surface area (Å²) in [6.07, 6.45) is 2.76. The van der Waals surface area contributed by atoms with E-state index in [2.05, 4.69) is 37.9 Å². The molecule has 0 saturated heterocycles. The Balaban J connectivity index is 1.45. The van der Waals surface area contributed by atoms with Crippen molar-refractivity contribution in [2.24, 2.45) is 0 Å². The van der Waals surface area contributed by atoms with Crippen LogP contribution in [-0.2, 0) is 28.5 Å². The zero-order valence-electron chi connectivity index (χ0n) is 18.4. The smallest absolute Gasteiger partial charge is 0.231 e. The molecule has 31 heavy (non-hydrogen) atoms. The fraction of sp³-hybridized carbons (Fsp3) is 0.423. The number of aliphatic hydroxyl groups is 1. The second-order valence-electron chi connectivity index (χ2n) is 9.83. The predicted octanol–water partition coefficient (Wildman–Crippen LogP) is 4.57. The van der Waals surface area contributed by atoms with Gasteiger partial charge in [0.15, 0.2) is 11.5 Å². The van der Waals surface area contributed by atoms with Crippen LogP contribution in [0.25, 0.3) is 10.9 Å². The van der Waals surface area contributed by atoms with Crippen LogP contribution in [0.15, 0.2) is 36.4 Å². The number of rotatable bonds is 6. The van der Waals surface area contributed by atoms with Gasteiger partial charge in [0.05, 0.1) is 5.41 Å². The second-order valence-corrected chi connectivity index (χ2v) is 9.83. The van der Waals surface area contributed by atoms with E-state index in [0.29, 0.717) is 12.8 Å². The Hall–Kier alpha value is -2.79. The molecule has 5 nitrogen and oxygen atoms in total. The molecule has 1 aliphatic carbocycles. The monoisotopic (exact) mass is 419 g/mol. The van der Waals surface area contributed by atoms with Crippen LogP contribution in [0.1, 0.15) is 56.0 Å². The highest BCUT2D eigenvalue weighted by Crippen LogP contribution is 2.51. The first-order chi connectivity index (χ1) is 14.8. The first-order valence-electron chi connectivity index (χ1n) is 11.0. The van der Waals surface area contributed by atoms with Gasteiger partial charge in [-0.25, -0.2) is 0 Å². The molecule has 5 rings (SSSR count). The van der Waals surface area contributed by atoms with Crippen LogP contribution in [0, 0.1) is 0 Å². The van der Waals surface area contributed by atoms with Gasteiger partial charge in [-0.05, 0) is 60.2 Å². The normalized spacial score (nSPS) is 16.6. The molecule has 1 aliphatic heterocycles. The average molecular weight is 420 g/mol. The highest BCUT2D eigenvalue weighted by Gasteiger charge is 2.50. The Bertz CT molecular complexity index is 1160. The number of Topliss-reactive ketones (excluding diaryl/α,β-unsaturated/α-hetero) is 1. The Morgan fingerprint density at radius 1 is 1.10 bits per heavy atom. The van der Waals surface area contributed by atoms with Crippen molar-refractivity contribution in [3.05, 3.63) is 58.8 Å². The maximum absolute atomic E-state index is 13.4. The number of aromatic nitrogens is 1. The SMILES string of the molecule is CC(C)(C)c1[nH]c2ccc(CC(=O)C3(c4ccc5c(c4)OCO5)CC3)cc2c1CCO. The van der Waals surface area contributed by atoms with Gasteiger partial charge in [0.1, 0.15) is 5.78 Å². The Labute approximate surface area is 182 Å². The van der Waals surface area contributed by atoms with E-state index in [1.807, 2.05) is 24.3 Å². The van der Waals surface area contributed by atoms with Crippen LogP contribution in [0.2, 0.25) is 0 Å². The molecule has 3 aromatic rings. The molecular weight excluding hydrogens is 390 g/mol. The van der Waals surface area contributed by atoms with Crippen molar-refractivity contribution in [3.8, 4) is 11.5 Å². The predicted molar refractivity (Wildman–Crippen MR) is 120 cm³/mol. The minimum absolute atomic E-state index is 0.0447. The molecule has 162 valence electrons. The molecule has 0 bridgehead atoms. The third-order valence-electron chi connectivity index (χ3n) is 6.66. The van der Waals surface area contributed by atoms with Gasteiger partial charge in [-0.1, -0.05) is 32.9 Å². The van der Waals surface area contributed by atoms with Gasteiger partial charge in [0, 0.05) is 35.0 Å². The molecule has 5 heteroatoms.